The van der Waals surface area contributed by atoms with Gasteiger partial charge in [0.25, 0.3) is 0 Å². The van der Waals surface area contributed by atoms with Crippen LogP contribution in [0.25, 0.3) is 0 Å². The van der Waals surface area contributed by atoms with Crippen LogP contribution in [0.1, 0.15) is 96.8 Å². The number of piperidine rings is 1. The highest BCUT2D eigenvalue weighted by Crippen LogP contribution is 2.21. The zero-order valence-electron chi connectivity index (χ0n) is 15.5. The van der Waals surface area contributed by atoms with Gasteiger partial charge in [0.15, 0.2) is 0 Å². The Hall–Kier alpha value is -0.570. The van der Waals surface area contributed by atoms with E-state index in [2.05, 4.69) is 6.92 Å². The predicted molar refractivity (Wildman–Crippen MR) is 97.7 cm³/mol. The van der Waals surface area contributed by atoms with Crippen molar-refractivity contribution in [2.24, 2.45) is 0 Å². The lowest BCUT2D eigenvalue weighted by Gasteiger charge is -2.41. The number of likely N-dealkylation sites (tertiary alicyclic amines) is 1. The normalized spacial score (nSPS) is 17.3. The van der Waals surface area contributed by atoms with Gasteiger partial charge in [-0.3, -0.25) is 4.79 Å². The van der Waals surface area contributed by atoms with Crippen molar-refractivity contribution in [1.29, 1.82) is 0 Å². The van der Waals surface area contributed by atoms with E-state index in [0.29, 0.717) is 6.42 Å². The fraction of sp³-hybridized carbons (Fsp3) is 0.950. The second-order valence-corrected chi connectivity index (χ2v) is 7.62. The Balaban J connectivity index is 2.07. The SMILES string of the molecule is CCCCCCCCCCCC[N+]1(CCC(=O)O)CCCCC1. The van der Waals surface area contributed by atoms with Gasteiger partial charge in [-0.15, -0.1) is 0 Å². The van der Waals surface area contributed by atoms with Gasteiger partial charge in [0, 0.05) is 0 Å². The first-order valence-electron chi connectivity index (χ1n) is 10.3. The molecule has 1 aliphatic heterocycles. The minimum Gasteiger partial charge on any atom is -0.481 e. The molecule has 0 saturated carbocycles. The summed E-state index contributed by atoms with van der Waals surface area (Å²) in [5.41, 5.74) is 0. The average Bonchev–Trinajstić information content (AvgIpc) is 2.56. The first kappa shape index (κ1) is 20.5. The van der Waals surface area contributed by atoms with E-state index in [4.69, 9.17) is 5.11 Å². The van der Waals surface area contributed by atoms with Crippen LogP contribution in [0, 0.1) is 0 Å². The summed E-state index contributed by atoms with van der Waals surface area (Å²) in [6, 6.07) is 0. The number of carboxylic acid groups (broad SMARTS) is 1. The molecule has 1 fully saturated rings. The van der Waals surface area contributed by atoms with Crippen LogP contribution in [0.2, 0.25) is 0 Å². The summed E-state index contributed by atoms with van der Waals surface area (Å²) < 4.78 is 1.09. The highest BCUT2D eigenvalue weighted by molar-refractivity contribution is 5.66. The van der Waals surface area contributed by atoms with Crippen LogP contribution >= 0.6 is 0 Å². The minimum atomic E-state index is -0.629. The number of hydrogen-bond donors (Lipinski definition) is 1. The van der Waals surface area contributed by atoms with E-state index in [1.54, 1.807) is 0 Å². The van der Waals surface area contributed by atoms with Gasteiger partial charge in [0.1, 0.15) is 0 Å². The third-order valence-corrected chi connectivity index (χ3v) is 5.55. The molecule has 0 atom stereocenters. The van der Waals surface area contributed by atoms with E-state index in [1.807, 2.05) is 0 Å². The van der Waals surface area contributed by atoms with Gasteiger partial charge >= 0.3 is 5.97 Å². The van der Waals surface area contributed by atoms with Crippen LogP contribution < -0.4 is 0 Å². The molecule has 0 aromatic rings. The van der Waals surface area contributed by atoms with E-state index < -0.39 is 5.97 Å². The molecule has 3 nitrogen and oxygen atoms in total. The molecule has 0 bridgehead atoms. The second-order valence-electron chi connectivity index (χ2n) is 7.62. The number of nitrogens with zero attached hydrogens (tertiary/aromatic N) is 1. The van der Waals surface area contributed by atoms with E-state index >= 15 is 0 Å². The van der Waals surface area contributed by atoms with Gasteiger partial charge in [-0.2, -0.15) is 0 Å². The van der Waals surface area contributed by atoms with E-state index in [9.17, 15) is 4.79 Å². The van der Waals surface area contributed by atoms with E-state index in [1.165, 1.54) is 103 Å². The van der Waals surface area contributed by atoms with E-state index in [0.717, 1.165) is 11.0 Å². The average molecular weight is 327 g/mol. The highest BCUT2D eigenvalue weighted by atomic mass is 16.4. The predicted octanol–water partition coefficient (Wildman–Crippen LogP) is 5.38. The van der Waals surface area contributed by atoms with Crippen molar-refractivity contribution in [3.05, 3.63) is 0 Å². The minimum absolute atomic E-state index is 0.345. The van der Waals surface area contributed by atoms with Crippen molar-refractivity contribution in [2.45, 2.75) is 96.8 Å². The number of aliphatic carboxylic acids is 1. The molecule has 1 rings (SSSR count). The summed E-state index contributed by atoms with van der Waals surface area (Å²) >= 11 is 0. The Labute approximate surface area is 144 Å². The van der Waals surface area contributed by atoms with Gasteiger partial charge in [0.05, 0.1) is 32.6 Å². The lowest BCUT2D eigenvalue weighted by Crippen LogP contribution is -2.53. The number of rotatable bonds is 14. The Bertz CT molecular complexity index is 298. The van der Waals surface area contributed by atoms with Gasteiger partial charge < -0.3 is 9.59 Å². The van der Waals surface area contributed by atoms with Gasteiger partial charge in [-0.1, -0.05) is 58.3 Å². The Morgan fingerprint density at radius 3 is 1.83 bits per heavy atom. The maximum absolute atomic E-state index is 10.9. The summed E-state index contributed by atoms with van der Waals surface area (Å²) in [6.45, 7) is 6.76. The molecule has 1 heterocycles. The lowest BCUT2D eigenvalue weighted by atomic mass is 10.0. The second kappa shape index (κ2) is 12.8. The molecule has 0 amide bonds. The van der Waals surface area contributed by atoms with Crippen molar-refractivity contribution < 1.29 is 14.4 Å². The summed E-state index contributed by atoms with van der Waals surface area (Å²) in [7, 11) is 0. The third kappa shape index (κ3) is 10.0. The highest BCUT2D eigenvalue weighted by Gasteiger charge is 2.29. The molecule has 0 unspecified atom stereocenters. The molecule has 0 aromatic carbocycles. The quantitative estimate of drug-likeness (QED) is 0.343. The summed E-state index contributed by atoms with van der Waals surface area (Å²) in [5.74, 6) is -0.629. The standard InChI is InChI=1S/C20H39NO2/c1-2-3-4-5-6-7-8-9-10-12-16-21(19-15-20(22)23)17-13-11-14-18-21/h2-19H2,1H3/p+1. The van der Waals surface area contributed by atoms with Gasteiger partial charge in [0.2, 0.25) is 0 Å². The fourth-order valence-corrected chi connectivity index (χ4v) is 4.01. The Morgan fingerprint density at radius 2 is 1.30 bits per heavy atom. The number of hydrogen-bond acceptors (Lipinski definition) is 1. The molecule has 23 heavy (non-hydrogen) atoms. The molecule has 1 N–H and O–H groups in total. The zero-order chi connectivity index (χ0) is 16.8. The van der Waals surface area contributed by atoms with Gasteiger partial charge in [-0.25, -0.2) is 0 Å². The Kier molecular flexibility index (Phi) is 11.4. The molecule has 1 aliphatic rings. The summed E-state index contributed by atoms with van der Waals surface area (Å²) in [4.78, 5) is 10.9. The number of carbonyl (C=O) groups is 1. The molecule has 0 aliphatic carbocycles. The molecule has 1 saturated heterocycles. The van der Waals surface area contributed by atoms with Crippen molar-refractivity contribution in [1.82, 2.24) is 0 Å². The number of quaternary nitrogens is 1. The molecule has 0 radical (unpaired) electrons. The maximum Gasteiger partial charge on any atom is 0.309 e. The van der Waals surface area contributed by atoms with Crippen LogP contribution in [-0.2, 0) is 4.79 Å². The largest absolute Gasteiger partial charge is 0.481 e. The topological polar surface area (TPSA) is 37.3 Å². The molecular weight excluding hydrogens is 286 g/mol. The number of carboxylic acids is 1. The lowest BCUT2D eigenvalue weighted by molar-refractivity contribution is -0.932. The molecule has 0 spiro atoms. The van der Waals surface area contributed by atoms with Crippen molar-refractivity contribution in [2.75, 3.05) is 26.2 Å². The summed E-state index contributed by atoms with van der Waals surface area (Å²) in [5, 5.41) is 8.99. The monoisotopic (exact) mass is 326 g/mol. The molecular formula is C20H40NO2+. The van der Waals surface area contributed by atoms with Crippen molar-refractivity contribution in [3.8, 4) is 0 Å². The molecule has 136 valence electrons. The van der Waals surface area contributed by atoms with Crippen LogP contribution in [-0.4, -0.2) is 41.7 Å². The maximum atomic E-state index is 10.9. The van der Waals surface area contributed by atoms with Crippen molar-refractivity contribution in [3.63, 3.8) is 0 Å². The fourth-order valence-electron chi connectivity index (χ4n) is 4.01. The van der Waals surface area contributed by atoms with Crippen LogP contribution in [0.4, 0.5) is 0 Å². The zero-order valence-corrected chi connectivity index (χ0v) is 15.5. The van der Waals surface area contributed by atoms with Gasteiger partial charge in [-0.05, 0) is 32.1 Å². The van der Waals surface area contributed by atoms with E-state index in [-0.39, 0.29) is 0 Å². The third-order valence-electron chi connectivity index (χ3n) is 5.55. The number of unbranched alkanes of at least 4 members (excludes halogenated alkanes) is 9. The van der Waals surface area contributed by atoms with Crippen LogP contribution in [0.3, 0.4) is 0 Å². The Morgan fingerprint density at radius 1 is 0.783 bits per heavy atom. The van der Waals surface area contributed by atoms with Crippen LogP contribution in [0.15, 0.2) is 0 Å². The first-order chi connectivity index (χ1) is 11.2. The molecule has 3 heteroatoms. The smallest absolute Gasteiger partial charge is 0.309 e. The van der Waals surface area contributed by atoms with Crippen molar-refractivity contribution >= 4 is 5.97 Å². The summed E-state index contributed by atoms with van der Waals surface area (Å²) in [6.07, 6.45) is 18.0. The first-order valence-corrected chi connectivity index (χ1v) is 10.3. The molecule has 0 aromatic heterocycles. The van der Waals surface area contributed by atoms with Crippen LogP contribution in [0.5, 0.6) is 0 Å².